The van der Waals surface area contributed by atoms with E-state index in [9.17, 15) is 37.9 Å². The molecule has 396 valence electrons. The van der Waals surface area contributed by atoms with Crippen LogP contribution in [0.25, 0.3) is 0 Å². The summed E-state index contributed by atoms with van der Waals surface area (Å²) in [5.41, 5.74) is 11.3. The van der Waals surface area contributed by atoms with Crippen LogP contribution in [0.1, 0.15) is 81.1 Å². The summed E-state index contributed by atoms with van der Waals surface area (Å²) < 4.78 is 58.8. The Hall–Kier alpha value is -5.08. The van der Waals surface area contributed by atoms with Crippen molar-refractivity contribution in [2.24, 2.45) is 31.4 Å². The topological polar surface area (TPSA) is 372 Å². The lowest BCUT2D eigenvalue weighted by Crippen LogP contribution is -2.54. The molecule has 30 heteroatoms. The smallest absolute Gasteiger partial charge is 0.323 e. The minimum Gasteiger partial charge on any atom is -0.465 e. The number of unbranched alkanes of at least 4 members (excludes halogenated alkanes) is 2. The maximum atomic E-state index is 13.7. The number of aliphatic imine (C=N–C) groups is 4. The number of guanidine groups is 2. The SMILES string of the molecule is CCCCOC(=O)[C@H](C)NP(=O)(COCCN1C=NC2C(=O)NC(N)=NC21)N[C@@H](C)C(=O)OCCCC.CCOC(=O)[C@H](C)NP(=O)(COCCN1C=NC2C(=O)NC(N)=NC21)N[C@@H](C)C(=O)OCC. The molecule has 0 aromatic rings. The van der Waals surface area contributed by atoms with E-state index in [1.165, 1.54) is 40.4 Å². The maximum absolute atomic E-state index is 13.7. The Morgan fingerprint density at radius 1 is 0.600 bits per heavy atom. The lowest BCUT2D eigenvalue weighted by molar-refractivity contribution is -0.146. The average Bonchev–Trinajstić information content (AvgIpc) is 3.91. The Morgan fingerprint density at radius 2 is 0.929 bits per heavy atom. The molecule has 4 aliphatic heterocycles. The molecule has 0 radical (unpaired) electrons. The predicted octanol–water partition coefficient (Wildman–Crippen LogP) is -1.00. The number of esters is 4. The minimum atomic E-state index is -3.62. The second-order valence-electron chi connectivity index (χ2n) is 16.2. The van der Waals surface area contributed by atoms with Crippen molar-refractivity contribution in [1.82, 2.24) is 40.8 Å². The highest BCUT2D eigenvalue weighted by Crippen LogP contribution is 2.39. The van der Waals surface area contributed by atoms with Crippen molar-refractivity contribution < 1.29 is 66.3 Å². The number of ether oxygens (including phenoxy) is 6. The van der Waals surface area contributed by atoms with Gasteiger partial charge in [0.1, 0.15) is 36.9 Å². The Bertz CT molecular complexity index is 1950. The summed E-state index contributed by atoms with van der Waals surface area (Å²) in [6.07, 6.45) is 4.37. The quantitative estimate of drug-likeness (QED) is 0.0185. The van der Waals surface area contributed by atoms with Gasteiger partial charge in [-0.3, -0.25) is 58.5 Å². The molecule has 4 rings (SSSR count). The molecular weight excluding hydrogens is 962 g/mol. The number of amides is 2. The number of hydrogen-bond acceptors (Lipinski definition) is 22. The Morgan fingerprint density at radius 3 is 1.24 bits per heavy atom. The first-order valence-corrected chi connectivity index (χ1v) is 27.0. The van der Waals surface area contributed by atoms with Crippen molar-refractivity contribution in [1.29, 1.82) is 0 Å². The normalized spacial score (nSPS) is 21.1. The van der Waals surface area contributed by atoms with Gasteiger partial charge in [0.05, 0.1) is 52.3 Å². The summed E-state index contributed by atoms with van der Waals surface area (Å²) in [6, 6.07) is -5.03. The molecule has 4 heterocycles. The summed E-state index contributed by atoms with van der Waals surface area (Å²) in [5, 5.41) is 15.8. The number of nitrogens with two attached hydrogens (primary N) is 2. The van der Waals surface area contributed by atoms with Crippen molar-refractivity contribution in [2.45, 2.75) is 130 Å². The molecular formula is C40H72N14O14P2. The largest absolute Gasteiger partial charge is 0.465 e. The third kappa shape index (κ3) is 18.9. The number of fused-ring (bicyclic) bond motifs is 2. The molecule has 0 aliphatic carbocycles. The average molecular weight is 1040 g/mol. The lowest BCUT2D eigenvalue weighted by atomic mass is 10.2. The van der Waals surface area contributed by atoms with Gasteiger partial charge in [0, 0.05) is 13.1 Å². The van der Waals surface area contributed by atoms with Crippen LogP contribution in [0.3, 0.4) is 0 Å². The van der Waals surface area contributed by atoms with Gasteiger partial charge in [-0.1, -0.05) is 26.7 Å². The van der Waals surface area contributed by atoms with Crippen LogP contribution in [0, 0.1) is 0 Å². The summed E-state index contributed by atoms with van der Waals surface area (Å²) in [7, 11) is -7.20. The molecule has 0 saturated heterocycles. The van der Waals surface area contributed by atoms with Gasteiger partial charge in [0.15, 0.2) is 36.3 Å². The molecule has 0 aromatic heterocycles. The number of rotatable bonds is 30. The monoisotopic (exact) mass is 1030 g/mol. The van der Waals surface area contributed by atoms with Gasteiger partial charge in [0.25, 0.3) is 11.8 Å². The zero-order chi connectivity index (χ0) is 52.0. The van der Waals surface area contributed by atoms with Crippen LogP contribution in [0.15, 0.2) is 20.0 Å². The van der Waals surface area contributed by atoms with Gasteiger partial charge in [-0.2, -0.15) is 0 Å². The first kappa shape index (κ1) is 59.2. The van der Waals surface area contributed by atoms with E-state index >= 15 is 0 Å². The van der Waals surface area contributed by atoms with Crippen LogP contribution >= 0.6 is 14.9 Å². The lowest BCUT2D eigenvalue weighted by Gasteiger charge is -2.28. The van der Waals surface area contributed by atoms with Crippen molar-refractivity contribution in [2.75, 3.05) is 65.4 Å². The molecule has 0 aromatic carbocycles. The van der Waals surface area contributed by atoms with Gasteiger partial charge in [-0.15, -0.1) is 0 Å². The van der Waals surface area contributed by atoms with Gasteiger partial charge in [0.2, 0.25) is 14.9 Å². The van der Waals surface area contributed by atoms with E-state index < -0.39 is 87.3 Å². The highest BCUT2D eigenvalue weighted by atomic mass is 31.2. The minimum absolute atomic E-state index is 0.0106. The van der Waals surface area contributed by atoms with Crippen molar-refractivity contribution in [3.8, 4) is 0 Å². The van der Waals surface area contributed by atoms with Crippen LogP contribution in [-0.2, 0) is 66.3 Å². The molecule has 4 aliphatic rings. The number of carbonyl (C=O) groups excluding carboxylic acids is 6. The van der Waals surface area contributed by atoms with E-state index in [1.54, 1.807) is 23.6 Å². The van der Waals surface area contributed by atoms with Crippen LogP contribution in [-0.4, -0.2) is 184 Å². The zero-order valence-corrected chi connectivity index (χ0v) is 42.9. The second-order valence-corrected chi connectivity index (χ2v) is 20.7. The second kappa shape index (κ2) is 29.3. The molecule has 0 fully saturated rings. The van der Waals surface area contributed by atoms with E-state index in [-0.39, 0.29) is 89.2 Å². The molecule has 8 atom stereocenters. The number of nitrogens with zero attached hydrogens (tertiary/aromatic N) is 6. The summed E-state index contributed by atoms with van der Waals surface area (Å²) >= 11 is 0. The van der Waals surface area contributed by atoms with E-state index in [4.69, 9.17) is 39.9 Å². The molecule has 2 amide bonds. The molecule has 0 saturated carbocycles. The van der Waals surface area contributed by atoms with Gasteiger partial charge < -0.3 is 49.7 Å². The first-order chi connectivity index (χ1) is 33.2. The Kier molecular flexibility index (Phi) is 24.8. The van der Waals surface area contributed by atoms with Crippen molar-refractivity contribution in [3.63, 3.8) is 0 Å². The number of carbonyl (C=O) groups is 6. The van der Waals surface area contributed by atoms with Crippen LogP contribution < -0.4 is 42.5 Å². The summed E-state index contributed by atoms with van der Waals surface area (Å²) in [4.78, 5) is 92.6. The fourth-order valence-electron chi connectivity index (χ4n) is 6.62. The van der Waals surface area contributed by atoms with Gasteiger partial charge >= 0.3 is 23.9 Å². The third-order valence-corrected chi connectivity index (χ3v) is 14.5. The molecule has 0 spiro atoms. The van der Waals surface area contributed by atoms with E-state index in [0.29, 0.717) is 0 Å². The first-order valence-electron chi connectivity index (χ1n) is 23.2. The fourth-order valence-corrected chi connectivity index (χ4v) is 10.8. The maximum Gasteiger partial charge on any atom is 0.323 e. The standard InChI is InChI=1S/C22H40N7O7P.C18H32N7O7P/c1-5-7-10-35-20(31)15(3)27-37(33,28-16(4)21(32)36-11-8-6-2)14-34-12-9-29-13-24-17-18(29)25-22(23)26-19(17)30;1-5-31-16(27)11(3)23-33(29,24-12(4)17(28)32-6-2)10-30-8-7-25-9-20-13-14(25)21-18(19)22-15(13)26/h13,15-18H,5-12,14H2,1-4H3,(H2,27,28,33)(H3,23,25,26,30);9,11-14H,5-8,10H2,1-4H3,(H2,23,24,29)(H3,19,21,22,26)/t15-,16-,17?,18?;11-,12-,13?,14?/m00/s1. The van der Waals surface area contributed by atoms with E-state index in [1.807, 2.05) is 13.8 Å². The van der Waals surface area contributed by atoms with Crippen LogP contribution in [0.5, 0.6) is 0 Å². The molecule has 4 unspecified atom stereocenters. The highest BCUT2D eigenvalue weighted by Gasteiger charge is 2.41. The summed E-state index contributed by atoms with van der Waals surface area (Å²) in [5.74, 6) is -2.95. The number of hydrogen-bond donors (Lipinski definition) is 8. The van der Waals surface area contributed by atoms with Crippen LogP contribution in [0.2, 0.25) is 0 Å². The van der Waals surface area contributed by atoms with E-state index in [0.717, 1.165) is 25.7 Å². The Labute approximate surface area is 407 Å². The van der Waals surface area contributed by atoms with Crippen molar-refractivity contribution >= 4 is 75.2 Å². The van der Waals surface area contributed by atoms with E-state index in [2.05, 4.69) is 51.0 Å². The molecule has 10 N–H and O–H groups in total. The van der Waals surface area contributed by atoms with Gasteiger partial charge in [-0.25, -0.2) is 30.3 Å². The summed E-state index contributed by atoms with van der Waals surface area (Å²) in [6.45, 7) is 15.0. The predicted molar refractivity (Wildman–Crippen MR) is 257 cm³/mol. The molecule has 28 nitrogen and oxygen atoms in total. The zero-order valence-electron chi connectivity index (χ0n) is 41.1. The molecule has 70 heavy (non-hydrogen) atoms. The third-order valence-electron chi connectivity index (χ3n) is 10.2. The molecule has 0 bridgehead atoms. The van der Waals surface area contributed by atoms with Crippen LogP contribution in [0.4, 0.5) is 0 Å². The van der Waals surface area contributed by atoms with Crippen molar-refractivity contribution in [3.05, 3.63) is 0 Å². The Balaban J connectivity index is 0.000000373. The highest BCUT2D eigenvalue weighted by molar-refractivity contribution is 7.60. The number of nitrogens with one attached hydrogen (secondary N) is 6. The van der Waals surface area contributed by atoms with Gasteiger partial charge in [-0.05, 0) is 54.4 Å². The fraction of sp³-hybridized carbons (Fsp3) is 0.750.